The Morgan fingerprint density at radius 1 is 1.18 bits per heavy atom. The van der Waals surface area contributed by atoms with Crippen LogP contribution in [0.4, 0.5) is 0 Å². The molecule has 0 radical (unpaired) electrons. The molecule has 2 N–H and O–H groups in total. The van der Waals surface area contributed by atoms with Gasteiger partial charge in [-0.3, -0.25) is 9.59 Å². The smallest absolute Gasteiger partial charge is 0.290 e. The molecular formula is C22H19BrN2O3. The zero-order valence-electron chi connectivity index (χ0n) is 15.3. The van der Waals surface area contributed by atoms with E-state index in [1.807, 2.05) is 54.7 Å². The molecule has 1 aliphatic heterocycles. The molecule has 0 fully saturated rings. The van der Waals surface area contributed by atoms with Crippen LogP contribution in [0.15, 0.2) is 70.5 Å². The van der Waals surface area contributed by atoms with Crippen LogP contribution in [0.1, 0.15) is 24.1 Å². The Hall–Kier alpha value is -2.86. The van der Waals surface area contributed by atoms with Crippen LogP contribution in [0.5, 0.6) is 0 Å². The maximum Gasteiger partial charge on any atom is 0.290 e. The van der Waals surface area contributed by atoms with Crippen LogP contribution in [0.3, 0.4) is 0 Å². The number of hydrogen-bond donors (Lipinski definition) is 2. The Bertz CT molecular complexity index is 1100. The molecule has 0 aliphatic carbocycles. The second-order valence-electron chi connectivity index (χ2n) is 6.88. The maximum absolute atomic E-state index is 12.7. The Labute approximate surface area is 170 Å². The lowest BCUT2D eigenvalue weighted by atomic mass is 9.96. The zero-order chi connectivity index (χ0) is 19.8. The monoisotopic (exact) mass is 438 g/mol. The number of nitrogens with zero attached hydrogens (tertiary/aromatic N) is 1. The van der Waals surface area contributed by atoms with E-state index in [9.17, 15) is 14.7 Å². The van der Waals surface area contributed by atoms with Gasteiger partial charge in [-0.1, -0.05) is 46.3 Å². The van der Waals surface area contributed by atoms with E-state index in [1.54, 1.807) is 4.90 Å². The van der Waals surface area contributed by atoms with Gasteiger partial charge >= 0.3 is 0 Å². The molecule has 0 bridgehead atoms. The molecule has 2 heterocycles. The number of amides is 1. The van der Waals surface area contributed by atoms with Gasteiger partial charge in [0.05, 0.1) is 11.6 Å². The molecular weight excluding hydrogens is 420 g/mol. The van der Waals surface area contributed by atoms with Crippen molar-refractivity contribution in [2.24, 2.45) is 0 Å². The highest BCUT2D eigenvalue weighted by molar-refractivity contribution is 9.10. The number of benzene rings is 2. The highest BCUT2D eigenvalue weighted by Gasteiger charge is 2.42. The molecule has 6 heteroatoms. The quantitative estimate of drug-likeness (QED) is 0.617. The molecule has 1 atom stereocenters. The highest BCUT2D eigenvalue weighted by atomic mass is 79.9. The van der Waals surface area contributed by atoms with Gasteiger partial charge in [0.2, 0.25) is 0 Å². The predicted molar refractivity (Wildman–Crippen MR) is 111 cm³/mol. The standard InChI is InChI=1S/C22H19BrN2O3/c1-13(26)19-20(14-6-8-16(23)9-7-14)25(22(28)21(19)27)11-10-15-12-24-18-5-3-2-4-17(15)18/h2-9,12,20,24,27H,10-11H2,1H3/t20-/m1/s1. The Balaban J connectivity index is 1.67. The van der Waals surface area contributed by atoms with Gasteiger partial charge in [0, 0.05) is 28.1 Å². The minimum Gasteiger partial charge on any atom is -0.503 e. The molecule has 1 aromatic heterocycles. The van der Waals surface area contributed by atoms with Gasteiger partial charge in [-0.25, -0.2) is 0 Å². The number of para-hydroxylation sites is 1. The second-order valence-corrected chi connectivity index (χ2v) is 7.80. The number of halogens is 1. The van der Waals surface area contributed by atoms with E-state index in [0.29, 0.717) is 13.0 Å². The topological polar surface area (TPSA) is 73.4 Å². The minimum absolute atomic E-state index is 0.159. The largest absolute Gasteiger partial charge is 0.503 e. The lowest BCUT2D eigenvalue weighted by molar-refractivity contribution is -0.129. The normalized spacial score (nSPS) is 17.0. The zero-order valence-corrected chi connectivity index (χ0v) is 16.9. The number of carbonyl (C=O) groups is 2. The third-order valence-corrected chi connectivity index (χ3v) is 5.69. The number of fused-ring (bicyclic) bond motifs is 1. The van der Waals surface area contributed by atoms with Crippen molar-refractivity contribution in [3.05, 3.63) is 81.7 Å². The average Bonchev–Trinajstić information content (AvgIpc) is 3.20. The molecule has 0 unspecified atom stereocenters. The number of carbonyl (C=O) groups excluding carboxylic acids is 2. The first kappa shape index (κ1) is 18.5. The molecule has 0 spiro atoms. The van der Waals surface area contributed by atoms with Crippen molar-refractivity contribution < 1.29 is 14.7 Å². The van der Waals surface area contributed by atoms with Crippen molar-refractivity contribution in [3.8, 4) is 0 Å². The summed E-state index contributed by atoms with van der Waals surface area (Å²) in [7, 11) is 0. The summed E-state index contributed by atoms with van der Waals surface area (Å²) in [5.41, 5.74) is 3.09. The van der Waals surface area contributed by atoms with Crippen LogP contribution in [0.25, 0.3) is 10.9 Å². The van der Waals surface area contributed by atoms with E-state index in [0.717, 1.165) is 26.5 Å². The number of rotatable bonds is 5. The molecule has 3 aromatic rings. The Kier molecular flexibility index (Phi) is 4.81. The van der Waals surface area contributed by atoms with Gasteiger partial charge < -0.3 is 15.0 Å². The summed E-state index contributed by atoms with van der Waals surface area (Å²) >= 11 is 3.40. The highest BCUT2D eigenvalue weighted by Crippen LogP contribution is 2.38. The summed E-state index contributed by atoms with van der Waals surface area (Å²) in [6.07, 6.45) is 2.56. The third-order valence-electron chi connectivity index (χ3n) is 5.17. The number of ketones is 1. The number of aromatic nitrogens is 1. The van der Waals surface area contributed by atoms with E-state index in [4.69, 9.17) is 0 Å². The minimum atomic E-state index is -0.580. The van der Waals surface area contributed by atoms with E-state index in [1.165, 1.54) is 6.92 Å². The summed E-state index contributed by atoms with van der Waals surface area (Å²) in [6, 6.07) is 14.9. The predicted octanol–water partition coefficient (Wildman–Crippen LogP) is 4.46. The van der Waals surface area contributed by atoms with Gasteiger partial charge in [-0.05, 0) is 42.7 Å². The molecule has 2 aromatic carbocycles. The van der Waals surface area contributed by atoms with Gasteiger partial charge in [0.15, 0.2) is 11.5 Å². The molecule has 142 valence electrons. The summed E-state index contributed by atoms with van der Waals surface area (Å²) in [5, 5.41) is 11.5. The average molecular weight is 439 g/mol. The van der Waals surface area contributed by atoms with Gasteiger partial charge in [-0.15, -0.1) is 0 Å². The first-order chi connectivity index (χ1) is 13.5. The van der Waals surface area contributed by atoms with E-state index in [-0.39, 0.29) is 11.4 Å². The van der Waals surface area contributed by atoms with Gasteiger partial charge in [-0.2, -0.15) is 0 Å². The SMILES string of the molecule is CC(=O)C1=C(O)C(=O)N(CCc2c[nH]c3ccccc23)[C@@H]1c1ccc(Br)cc1. The van der Waals surface area contributed by atoms with Crippen molar-refractivity contribution in [1.29, 1.82) is 0 Å². The molecule has 0 saturated heterocycles. The summed E-state index contributed by atoms with van der Waals surface area (Å²) in [6.45, 7) is 1.77. The molecule has 1 aliphatic rings. The van der Waals surface area contributed by atoms with Crippen LogP contribution in [-0.2, 0) is 16.0 Å². The van der Waals surface area contributed by atoms with Crippen molar-refractivity contribution in [2.45, 2.75) is 19.4 Å². The van der Waals surface area contributed by atoms with E-state index in [2.05, 4.69) is 20.9 Å². The van der Waals surface area contributed by atoms with Crippen LogP contribution < -0.4 is 0 Å². The molecule has 4 rings (SSSR count). The molecule has 0 saturated carbocycles. The maximum atomic E-state index is 12.7. The Morgan fingerprint density at radius 3 is 2.61 bits per heavy atom. The van der Waals surface area contributed by atoms with Crippen LogP contribution in [-0.4, -0.2) is 33.2 Å². The number of aliphatic hydroxyl groups is 1. The lowest BCUT2D eigenvalue weighted by Crippen LogP contribution is -2.32. The molecule has 28 heavy (non-hydrogen) atoms. The van der Waals surface area contributed by atoms with E-state index < -0.39 is 17.7 Å². The fourth-order valence-electron chi connectivity index (χ4n) is 3.81. The molecule has 1 amide bonds. The van der Waals surface area contributed by atoms with Crippen LogP contribution in [0, 0.1) is 0 Å². The van der Waals surface area contributed by atoms with Crippen molar-refractivity contribution in [2.75, 3.05) is 6.54 Å². The number of aromatic amines is 1. The number of H-pyrrole nitrogens is 1. The van der Waals surface area contributed by atoms with Gasteiger partial charge in [0.25, 0.3) is 5.91 Å². The fraction of sp³-hybridized carbons (Fsp3) is 0.182. The number of Topliss-reactive ketones (excluding diaryl/α,β-unsaturated/α-hetero) is 1. The van der Waals surface area contributed by atoms with Crippen molar-refractivity contribution in [1.82, 2.24) is 9.88 Å². The first-order valence-corrected chi connectivity index (χ1v) is 9.82. The Morgan fingerprint density at radius 2 is 1.89 bits per heavy atom. The number of aliphatic hydroxyl groups excluding tert-OH is 1. The van der Waals surface area contributed by atoms with Gasteiger partial charge in [0.1, 0.15) is 0 Å². The number of nitrogens with one attached hydrogen (secondary N) is 1. The lowest BCUT2D eigenvalue weighted by Gasteiger charge is -2.26. The fourth-order valence-corrected chi connectivity index (χ4v) is 4.08. The molecule has 5 nitrogen and oxygen atoms in total. The van der Waals surface area contributed by atoms with Crippen LogP contribution >= 0.6 is 15.9 Å². The van der Waals surface area contributed by atoms with Crippen molar-refractivity contribution >= 4 is 38.5 Å². The van der Waals surface area contributed by atoms with Crippen molar-refractivity contribution in [3.63, 3.8) is 0 Å². The second kappa shape index (κ2) is 7.28. The summed E-state index contributed by atoms with van der Waals surface area (Å²) < 4.78 is 0.906. The van der Waals surface area contributed by atoms with E-state index >= 15 is 0 Å². The number of hydrogen-bond acceptors (Lipinski definition) is 3. The van der Waals surface area contributed by atoms with Crippen LogP contribution in [0.2, 0.25) is 0 Å². The third kappa shape index (κ3) is 3.14. The summed E-state index contributed by atoms with van der Waals surface area (Å²) in [5.74, 6) is -1.24. The summed E-state index contributed by atoms with van der Waals surface area (Å²) in [4.78, 5) is 29.8. The first-order valence-electron chi connectivity index (χ1n) is 9.03.